The van der Waals surface area contributed by atoms with Gasteiger partial charge < -0.3 is 10.6 Å². The molecule has 4 heteroatoms. The van der Waals surface area contributed by atoms with Crippen molar-refractivity contribution in [1.82, 2.24) is 0 Å². The summed E-state index contributed by atoms with van der Waals surface area (Å²) in [5.74, 6) is 0.868. The highest BCUT2D eigenvalue weighted by Gasteiger charge is 2.29. The molecule has 1 unspecified atom stereocenters. The lowest BCUT2D eigenvalue weighted by molar-refractivity contribution is 0.590. The van der Waals surface area contributed by atoms with Gasteiger partial charge in [-0.15, -0.1) is 0 Å². The Morgan fingerprint density at radius 3 is 2.78 bits per heavy atom. The Bertz CT molecular complexity index is 432. The third kappa shape index (κ3) is 2.81. The highest BCUT2D eigenvalue weighted by Crippen LogP contribution is 2.36. The third-order valence-electron chi connectivity index (χ3n) is 3.25. The molecule has 0 saturated carbocycles. The first kappa shape index (κ1) is 13.7. The molecule has 2 nitrogen and oxygen atoms in total. The van der Waals surface area contributed by atoms with Crippen LogP contribution in [0.5, 0.6) is 0 Å². The Labute approximate surface area is 113 Å². The maximum atomic E-state index is 14.1. The fraction of sp³-hybridized carbons (Fsp3) is 0.571. The number of anilines is 1. The number of nitrogens with two attached hydrogens (primary N) is 1. The zero-order valence-electron chi connectivity index (χ0n) is 11.2. The number of rotatable bonds is 2. The van der Waals surface area contributed by atoms with E-state index in [1.165, 1.54) is 6.07 Å². The summed E-state index contributed by atoms with van der Waals surface area (Å²) in [5.41, 5.74) is 7.56. The van der Waals surface area contributed by atoms with E-state index >= 15 is 0 Å². The number of para-hydroxylation sites is 1. The molecule has 1 aliphatic heterocycles. The Morgan fingerprint density at radius 1 is 1.44 bits per heavy atom. The van der Waals surface area contributed by atoms with Crippen LogP contribution in [0.1, 0.15) is 32.4 Å². The van der Waals surface area contributed by atoms with Crippen LogP contribution in [-0.4, -0.2) is 23.6 Å². The van der Waals surface area contributed by atoms with Gasteiger partial charge in [0, 0.05) is 29.6 Å². The molecule has 0 amide bonds. The number of halogens is 1. The van der Waals surface area contributed by atoms with Crippen molar-refractivity contribution in [1.29, 1.82) is 0 Å². The lowest BCUT2D eigenvalue weighted by Crippen LogP contribution is -2.44. The van der Waals surface area contributed by atoms with Gasteiger partial charge in [0.1, 0.15) is 5.82 Å². The summed E-state index contributed by atoms with van der Waals surface area (Å²) < 4.78 is 14.3. The molecule has 2 N–H and O–H groups in total. The van der Waals surface area contributed by atoms with Crippen molar-refractivity contribution in [2.45, 2.75) is 31.6 Å². The molecule has 1 saturated heterocycles. The lowest BCUT2D eigenvalue weighted by Gasteiger charge is -2.40. The van der Waals surface area contributed by atoms with E-state index in [1.54, 1.807) is 6.07 Å². The summed E-state index contributed by atoms with van der Waals surface area (Å²) in [7, 11) is 0. The predicted molar refractivity (Wildman–Crippen MR) is 77.8 cm³/mol. The fourth-order valence-electron chi connectivity index (χ4n) is 2.44. The van der Waals surface area contributed by atoms with E-state index in [2.05, 4.69) is 18.7 Å². The molecule has 1 heterocycles. The van der Waals surface area contributed by atoms with Crippen LogP contribution < -0.4 is 10.6 Å². The molecule has 0 bridgehead atoms. The zero-order valence-corrected chi connectivity index (χ0v) is 12.1. The van der Waals surface area contributed by atoms with E-state index in [0.29, 0.717) is 5.69 Å². The van der Waals surface area contributed by atoms with Crippen molar-refractivity contribution >= 4 is 17.4 Å². The molecule has 2 rings (SSSR count). The zero-order chi connectivity index (χ0) is 13.3. The van der Waals surface area contributed by atoms with Crippen LogP contribution in [0.25, 0.3) is 0 Å². The fourth-order valence-corrected chi connectivity index (χ4v) is 3.55. The number of nitrogens with zero attached hydrogens (tertiary/aromatic N) is 1. The van der Waals surface area contributed by atoms with Crippen LogP contribution in [-0.2, 0) is 0 Å². The Kier molecular flexibility index (Phi) is 3.87. The molecule has 0 aromatic heterocycles. The normalized spacial score (nSPS) is 20.8. The average molecular weight is 268 g/mol. The Morgan fingerprint density at radius 2 is 2.17 bits per heavy atom. The molecule has 0 aliphatic carbocycles. The molecular formula is C14H21FN2S. The van der Waals surface area contributed by atoms with E-state index in [-0.39, 0.29) is 16.6 Å². The molecular weight excluding hydrogens is 247 g/mol. The molecule has 1 aliphatic rings. The summed E-state index contributed by atoms with van der Waals surface area (Å²) in [6, 6.07) is 5.04. The molecule has 1 aromatic rings. The molecule has 1 fully saturated rings. The summed E-state index contributed by atoms with van der Waals surface area (Å²) in [4.78, 5) is 2.14. The molecule has 0 radical (unpaired) electrons. The minimum atomic E-state index is -0.160. The van der Waals surface area contributed by atoms with Gasteiger partial charge in [0.05, 0.1) is 5.69 Å². The van der Waals surface area contributed by atoms with E-state index in [1.807, 2.05) is 24.8 Å². The minimum absolute atomic E-state index is 0.145. The van der Waals surface area contributed by atoms with Gasteiger partial charge in [-0.05, 0) is 32.4 Å². The number of hydrogen-bond donors (Lipinski definition) is 1. The molecule has 100 valence electrons. The van der Waals surface area contributed by atoms with Crippen molar-refractivity contribution in [2.75, 3.05) is 23.7 Å². The smallest absolute Gasteiger partial charge is 0.146 e. The van der Waals surface area contributed by atoms with Crippen LogP contribution in [0.2, 0.25) is 0 Å². The minimum Gasteiger partial charge on any atom is -0.367 e. The van der Waals surface area contributed by atoms with Crippen LogP contribution >= 0.6 is 11.8 Å². The van der Waals surface area contributed by atoms with Gasteiger partial charge in [0.2, 0.25) is 0 Å². The number of benzene rings is 1. The number of hydrogen-bond acceptors (Lipinski definition) is 3. The highest BCUT2D eigenvalue weighted by atomic mass is 32.2. The maximum absolute atomic E-state index is 14.1. The Hall–Kier alpha value is -0.740. The molecule has 0 spiro atoms. The largest absolute Gasteiger partial charge is 0.367 e. The van der Waals surface area contributed by atoms with Crippen LogP contribution in [0.15, 0.2) is 18.2 Å². The van der Waals surface area contributed by atoms with Crippen molar-refractivity contribution in [3.05, 3.63) is 29.6 Å². The highest BCUT2D eigenvalue weighted by molar-refractivity contribution is 8.00. The van der Waals surface area contributed by atoms with Crippen LogP contribution in [0, 0.1) is 5.82 Å². The topological polar surface area (TPSA) is 29.3 Å². The first-order chi connectivity index (χ1) is 8.41. The van der Waals surface area contributed by atoms with Gasteiger partial charge in [0.25, 0.3) is 0 Å². The SMILES string of the molecule is CC(N)c1cccc(F)c1N1CCSC(C)(C)C1. The van der Waals surface area contributed by atoms with E-state index in [4.69, 9.17) is 5.73 Å². The second-order valence-electron chi connectivity index (χ2n) is 5.50. The first-order valence-corrected chi connectivity index (χ1v) is 7.32. The maximum Gasteiger partial charge on any atom is 0.146 e. The summed E-state index contributed by atoms with van der Waals surface area (Å²) in [6.45, 7) is 8.06. The quantitative estimate of drug-likeness (QED) is 0.893. The van der Waals surface area contributed by atoms with Crippen molar-refractivity contribution < 1.29 is 4.39 Å². The monoisotopic (exact) mass is 268 g/mol. The second kappa shape index (κ2) is 5.10. The van der Waals surface area contributed by atoms with Gasteiger partial charge in [-0.3, -0.25) is 0 Å². The van der Waals surface area contributed by atoms with Crippen molar-refractivity contribution in [3.63, 3.8) is 0 Å². The molecule has 1 aromatic carbocycles. The van der Waals surface area contributed by atoms with Gasteiger partial charge in [-0.25, -0.2) is 4.39 Å². The summed E-state index contributed by atoms with van der Waals surface area (Å²) in [5, 5.41) is 0. The Balaban J connectivity index is 2.38. The third-order valence-corrected chi connectivity index (χ3v) is 4.55. The number of thioether (sulfide) groups is 1. The van der Waals surface area contributed by atoms with Gasteiger partial charge >= 0.3 is 0 Å². The standard InChI is InChI=1S/C14H21FN2S/c1-10(16)11-5-4-6-12(15)13(11)17-7-8-18-14(2,3)9-17/h4-6,10H,7-9,16H2,1-3H3. The first-order valence-electron chi connectivity index (χ1n) is 6.33. The predicted octanol–water partition coefficient (Wildman–Crippen LogP) is 3.18. The van der Waals surface area contributed by atoms with Crippen molar-refractivity contribution in [2.24, 2.45) is 5.73 Å². The van der Waals surface area contributed by atoms with E-state index in [0.717, 1.165) is 24.4 Å². The van der Waals surface area contributed by atoms with Crippen LogP contribution in [0.3, 0.4) is 0 Å². The summed E-state index contributed by atoms with van der Waals surface area (Å²) >= 11 is 1.94. The van der Waals surface area contributed by atoms with E-state index in [9.17, 15) is 4.39 Å². The van der Waals surface area contributed by atoms with Gasteiger partial charge in [-0.2, -0.15) is 11.8 Å². The van der Waals surface area contributed by atoms with E-state index < -0.39 is 0 Å². The molecule has 1 atom stereocenters. The average Bonchev–Trinajstić information content (AvgIpc) is 2.27. The second-order valence-corrected chi connectivity index (χ2v) is 7.30. The lowest BCUT2D eigenvalue weighted by atomic mass is 10.0. The summed E-state index contributed by atoms with van der Waals surface area (Å²) in [6.07, 6.45) is 0. The molecule has 18 heavy (non-hydrogen) atoms. The van der Waals surface area contributed by atoms with Gasteiger partial charge in [-0.1, -0.05) is 12.1 Å². The van der Waals surface area contributed by atoms with Gasteiger partial charge in [0.15, 0.2) is 0 Å². The van der Waals surface area contributed by atoms with Crippen molar-refractivity contribution in [3.8, 4) is 0 Å². The van der Waals surface area contributed by atoms with Crippen LogP contribution in [0.4, 0.5) is 10.1 Å².